The molecule has 0 aliphatic carbocycles. The molecule has 0 aliphatic heterocycles. The van der Waals surface area contributed by atoms with Gasteiger partial charge in [-0.3, -0.25) is 4.99 Å². The number of hydrogen-bond donors (Lipinski definition) is 0. The van der Waals surface area contributed by atoms with Gasteiger partial charge < -0.3 is 0 Å². The van der Waals surface area contributed by atoms with Gasteiger partial charge >= 0.3 is 0 Å². The van der Waals surface area contributed by atoms with Crippen molar-refractivity contribution in [3.63, 3.8) is 0 Å². The Morgan fingerprint density at radius 1 is 0.765 bits per heavy atom. The SMILES string of the molecule is C=Nc1ccc(-c2ccc(C)c(C)c2)cc1C. The van der Waals surface area contributed by atoms with Crippen molar-refractivity contribution < 1.29 is 0 Å². The van der Waals surface area contributed by atoms with Gasteiger partial charge in [-0.25, -0.2) is 0 Å². The Labute approximate surface area is 103 Å². The predicted molar refractivity (Wildman–Crippen MR) is 75.3 cm³/mol. The van der Waals surface area contributed by atoms with Crippen LogP contribution in [-0.4, -0.2) is 6.72 Å². The average Bonchev–Trinajstić information content (AvgIpc) is 2.32. The highest BCUT2D eigenvalue weighted by Crippen LogP contribution is 2.27. The second-order valence-electron chi connectivity index (χ2n) is 4.46. The molecule has 0 radical (unpaired) electrons. The van der Waals surface area contributed by atoms with E-state index >= 15 is 0 Å². The molecule has 0 bridgehead atoms. The zero-order chi connectivity index (χ0) is 12.4. The van der Waals surface area contributed by atoms with Crippen LogP contribution in [0.5, 0.6) is 0 Å². The van der Waals surface area contributed by atoms with E-state index in [-0.39, 0.29) is 0 Å². The van der Waals surface area contributed by atoms with Crippen LogP contribution < -0.4 is 0 Å². The Hall–Kier alpha value is -1.89. The van der Waals surface area contributed by atoms with Gasteiger partial charge in [-0.1, -0.05) is 24.3 Å². The summed E-state index contributed by atoms with van der Waals surface area (Å²) in [5.74, 6) is 0. The highest BCUT2D eigenvalue weighted by Gasteiger charge is 2.02. The predicted octanol–water partition coefficient (Wildman–Crippen LogP) is 4.61. The van der Waals surface area contributed by atoms with Crippen molar-refractivity contribution in [2.75, 3.05) is 0 Å². The fourth-order valence-electron chi connectivity index (χ4n) is 1.93. The van der Waals surface area contributed by atoms with Crippen molar-refractivity contribution in [2.24, 2.45) is 4.99 Å². The van der Waals surface area contributed by atoms with E-state index in [1.54, 1.807) is 0 Å². The monoisotopic (exact) mass is 223 g/mol. The second-order valence-corrected chi connectivity index (χ2v) is 4.46. The van der Waals surface area contributed by atoms with Crippen LogP contribution in [0, 0.1) is 20.8 Å². The van der Waals surface area contributed by atoms with Gasteiger partial charge in [0.2, 0.25) is 0 Å². The molecule has 0 aliphatic rings. The molecule has 0 saturated carbocycles. The van der Waals surface area contributed by atoms with Crippen LogP contribution in [0.4, 0.5) is 5.69 Å². The summed E-state index contributed by atoms with van der Waals surface area (Å²) in [5, 5.41) is 0. The highest BCUT2D eigenvalue weighted by atomic mass is 14.7. The lowest BCUT2D eigenvalue weighted by Gasteiger charge is -2.07. The van der Waals surface area contributed by atoms with Gasteiger partial charge in [-0.2, -0.15) is 0 Å². The number of aliphatic imine (C=N–C) groups is 1. The van der Waals surface area contributed by atoms with Crippen molar-refractivity contribution >= 4 is 12.4 Å². The minimum absolute atomic E-state index is 0.956. The van der Waals surface area contributed by atoms with E-state index in [2.05, 4.69) is 62.8 Å². The molecule has 0 aromatic heterocycles. The van der Waals surface area contributed by atoms with E-state index in [1.165, 1.54) is 22.3 Å². The fraction of sp³-hybridized carbons (Fsp3) is 0.188. The van der Waals surface area contributed by atoms with Crippen molar-refractivity contribution in [1.29, 1.82) is 0 Å². The summed E-state index contributed by atoms with van der Waals surface area (Å²) in [4.78, 5) is 3.99. The van der Waals surface area contributed by atoms with Crippen molar-refractivity contribution in [1.82, 2.24) is 0 Å². The molecule has 0 N–H and O–H groups in total. The Bertz CT molecular complexity index is 568. The molecule has 86 valence electrons. The molecule has 2 rings (SSSR count). The molecule has 0 heterocycles. The standard InChI is InChI=1S/C16H17N/c1-11-5-6-14(9-12(11)2)15-7-8-16(17-4)13(3)10-15/h5-10H,4H2,1-3H3. The van der Waals surface area contributed by atoms with Crippen molar-refractivity contribution in [3.05, 3.63) is 53.1 Å². The summed E-state index contributed by atoms with van der Waals surface area (Å²) in [7, 11) is 0. The highest BCUT2D eigenvalue weighted by molar-refractivity contribution is 5.69. The maximum Gasteiger partial charge on any atom is 0.0651 e. The van der Waals surface area contributed by atoms with Crippen LogP contribution in [0.2, 0.25) is 0 Å². The lowest BCUT2D eigenvalue weighted by Crippen LogP contribution is -1.84. The lowest BCUT2D eigenvalue weighted by atomic mass is 9.99. The first-order valence-electron chi connectivity index (χ1n) is 5.77. The molecule has 17 heavy (non-hydrogen) atoms. The zero-order valence-electron chi connectivity index (χ0n) is 10.6. The van der Waals surface area contributed by atoms with Crippen LogP contribution in [-0.2, 0) is 0 Å². The van der Waals surface area contributed by atoms with E-state index in [9.17, 15) is 0 Å². The summed E-state index contributed by atoms with van der Waals surface area (Å²) in [6.07, 6.45) is 0. The lowest BCUT2D eigenvalue weighted by molar-refractivity contribution is 1.34. The number of aryl methyl sites for hydroxylation is 3. The minimum Gasteiger partial charge on any atom is -0.264 e. The van der Waals surface area contributed by atoms with E-state index in [0.717, 1.165) is 11.3 Å². The quantitative estimate of drug-likeness (QED) is 0.659. The van der Waals surface area contributed by atoms with Crippen molar-refractivity contribution in [2.45, 2.75) is 20.8 Å². The van der Waals surface area contributed by atoms with Gasteiger partial charge in [-0.15, -0.1) is 0 Å². The maximum absolute atomic E-state index is 3.99. The van der Waals surface area contributed by atoms with E-state index in [4.69, 9.17) is 0 Å². The largest absolute Gasteiger partial charge is 0.264 e. The maximum atomic E-state index is 3.99. The zero-order valence-corrected chi connectivity index (χ0v) is 10.6. The van der Waals surface area contributed by atoms with E-state index in [1.807, 2.05) is 6.07 Å². The molecule has 1 nitrogen and oxygen atoms in total. The van der Waals surface area contributed by atoms with Gasteiger partial charge in [0.25, 0.3) is 0 Å². The summed E-state index contributed by atoms with van der Waals surface area (Å²) in [6, 6.07) is 12.8. The summed E-state index contributed by atoms with van der Waals surface area (Å²) in [5.41, 5.74) is 7.26. The first-order chi connectivity index (χ1) is 8.11. The number of benzene rings is 2. The molecule has 0 atom stereocenters. The van der Waals surface area contributed by atoms with E-state index < -0.39 is 0 Å². The van der Waals surface area contributed by atoms with Gasteiger partial charge in [-0.05, 0) is 67.4 Å². The summed E-state index contributed by atoms with van der Waals surface area (Å²) in [6.45, 7) is 9.91. The van der Waals surface area contributed by atoms with Gasteiger partial charge in [0.15, 0.2) is 0 Å². The Balaban J connectivity index is 2.49. The molecule has 0 amide bonds. The normalized spacial score (nSPS) is 10.3. The Morgan fingerprint density at radius 3 is 1.88 bits per heavy atom. The number of rotatable bonds is 2. The Morgan fingerprint density at radius 2 is 1.35 bits per heavy atom. The van der Waals surface area contributed by atoms with Crippen molar-refractivity contribution in [3.8, 4) is 11.1 Å². The summed E-state index contributed by atoms with van der Waals surface area (Å²) >= 11 is 0. The number of hydrogen-bond acceptors (Lipinski definition) is 1. The smallest absolute Gasteiger partial charge is 0.0651 e. The van der Waals surface area contributed by atoms with Gasteiger partial charge in [0.05, 0.1) is 5.69 Å². The molecule has 0 fully saturated rings. The van der Waals surface area contributed by atoms with Crippen LogP contribution in [0.15, 0.2) is 41.4 Å². The van der Waals surface area contributed by atoms with Crippen LogP contribution in [0.1, 0.15) is 16.7 Å². The van der Waals surface area contributed by atoms with Gasteiger partial charge in [0, 0.05) is 0 Å². The molecular weight excluding hydrogens is 206 g/mol. The Kier molecular flexibility index (Phi) is 3.10. The molecule has 0 unspecified atom stereocenters. The molecule has 0 spiro atoms. The minimum atomic E-state index is 0.956. The molecule has 2 aromatic carbocycles. The van der Waals surface area contributed by atoms with Crippen LogP contribution >= 0.6 is 0 Å². The van der Waals surface area contributed by atoms with Gasteiger partial charge in [0.1, 0.15) is 0 Å². The first kappa shape index (κ1) is 11.6. The molecule has 2 aromatic rings. The summed E-state index contributed by atoms with van der Waals surface area (Å²) < 4.78 is 0. The molecule has 1 heteroatoms. The third-order valence-electron chi connectivity index (χ3n) is 3.21. The van der Waals surface area contributed by atoms with Crippen LogP contribution in [0.3, 0.4) is 0 Å². The molecule has 0 saturated heterocycles. The third-order valence-corrected chi connectivity index (χ3v) is 3.21. The molecular formula is C16H17N. The number of nitrogens with zero attached hydrogens (tertiary/aromatic N) is 1. The first-order valence-corrected chi connectivity index (χ1v) is 5.77. The average molecular weight is 223 g/mol. The topological polar surface area (TPSA) is 12.4 Å². The van der Waals surface area contributed by atoms with E-state index in [0.29, 0.717) is 0 Å². The third kappa shape index (κ3) is 2.28. The fourth-order valence-corrected chi connectivity index (χ4v) is 1.93. The second kappa shape index (κ2) is 4.54. The van der Waals surface area contributed by atoms with Crippen LogP contribution in [0.25, 0.3) is 11.1 Å².